The molecule has 0 aliphatic carbocycles. The predicted molar refractivity (Wildman–Crippen MR) is 105 cm³/mol. The van der Waals surface area contributed by atoms with Gasteiger partial charge in [-0.2, -0.15) is 0 Å². The monoisotopic (exact) mass is 374 g/mol. The van der Waals surface area contributed by atoms with Crippen LogP contribution in [0.25, 0.3) is 0 Å². The van der Waals surface area contributed by atoms with E-state index in [-0.39, 0.29) is 6.03 Å². The second kappa shape index (κ2) is 8.05. The van der Waals surface area contributed by atoms with E-state index in [4.69, 9.17) is 4.74 Å². The quantitative estimate of drug-likeness (QED) is 0.781. The summed E-state index contributed by atoms with van der Waals surface area (Å²) in [7, 11) is 2.09. The Labute approximate surface area is 158 Å². The molecule has 1 aliphatic rings. The Morgan fingerprint density at radius 1 is 1.27 bits per heavy atom. The molecule has 0 bridgehead atoms. The number of benzene rings is 1. The molecular weight excluding hydrogens is 348 g/mol. The van der Waals surface area contributed by atoms with E-state index in [0.29, 0.717) is 11.0 Å². The molecule has 26 heavy (non-hydrogen) atoms. The van der Waals surface area contributed by atoms with Crippen molar-refractivity contribution in [3.8, 4) is 5.75 Å². The van der Waals surface area contributed by atoms with Gasteiger partial charge in [0.05, 0.1) is 5.69 Å². The summed E-state index contributed by atoms with van der Waals surface area (Å²) >= 11 is 1.54. The predicted octanol–water partition coefficient (Wildman–Crippen LogP) is 3.80. The minimum Gasteiger partial charge on any atom is -0.471 e. The Balaban J connectivity index is 1.51. The summed E-state index contributed by atoms with van der Waals surface area (Å²) < 4.78 is 5.76. The number of urea groups is 1. The Bertz CT molecular complexity index is 757. The van der Waals surface area contributed by atoms with Crippen molar-refractivity contribution in [1.82, 2.24) is 15.2 Å². The van der Waals surface area contributed by atoms with Crippen LogP contribution < -0.4 is 15.4 Å². The van der Waals surface area contributed by atoms with Gasteiger partial charge in [0.2, 0.25) is 0 Å². The van der Waals surface area contributed by atoms with Gasteiger partial charge in [-0.25, -0.2) is 9.78 Å². The average Bonchev–Trinajstić information content (AvgIpc) is 2.96. The molecule has 0 saturated carbocycles. The Morgan fingerprint density at radius 3 is 2.69 bits per heavy atom. The molecule has 2 aromatic rings. The topological polar surface area (TPSA) is 66.5 Å². The second-order valence-corrected chi connectivity index (χ2v) is 8.04. The highest BCUT2D eigenvalue weighted by Gasteiger charge is 2.19. The zero-order valence-corrected chi connectivity index (χ0v) is 16.5. The molecule has 3 rings (SSSR count). The maximum atomic E-state index is 12.2. The van der Waals surface area contributed by atoms with Crippen LogP contribution in [0.2, 0.25) is 0 Å². The number of aromatic nitrogens is 1. The van der Waals surface area contributed by atoms with E-state index < -0.39 is 6.23 Å². The molecule has 0 spiro atoms. The molecule has 1 unspecified atom stereocenters. The van der Waals surface area contributed by atoms with Gasteiger partial charge in [0, 0.05) is 24.4 Å². The number of ether oxygens (including phenoxy) is 1. The maximum absolute atomic E-state index is 12.2. The summed E-state index contributed by atoms with van der Waals surface area (Å²) in [5.41, 5.74) is 2.35. The van der Waals surface area contributed by atoms with Gasteiger partial charge in [-0.3, -0.25) is 5.32 Å². The van der Waals surface area contributed by atoms with E-state index in [9.17, 15) is 4.79 Å². The Morgan fingerprint density at radius 2 is 2.00 bits per heavy atom. The van der Waals surface area contributed by atoms with Crippen molar-refractivity contribution in [2.75, 3.05) is 18.9 Å². The highest BCUT2D eigenvalue weighted by molar-refractivity contribution is 7.15. The smallest absolute Gasteiger partial charge is 0.323 e. The number of likely N-dealkylation sites (N-methyl/N-ethyl adjacent to an activating group) is 1. The van der Waals surface area contributed by atoms with Gasteiger partial charge in [0.25, 0.3) is 0 Å². The zero-order chi connectivity index (χ0) is 18.7. The third-order valence-corrected chi connectivity index (χ3v) is 5.33. The van der Waals surface area contributed by atoms with E-state index in [1.165, 1.54) is 21.8 Å². The number of carbonyl (C=O) groups is 1. The molecule has 140 valence electrons. The molecule has 0 fully saturated rings. The van der Waals surface area contributed by atoms with Crippen LogP contribution in [0.15, 0.2) is 24.3 Å². The molecule has 7 heteroatoms. The summed E-state index contributed by atoms with van der Waals surface area (Å²) in [5.74, 6) is 1.21. The number of fused-ring (bicyclic) bond motifs is 1. The number of thiazole rings is 1. The van der Waals surface area contributed by atoms with Crippen LogP contribution >= 0.6 is 11.3 Å². The number of nitrogens with zero attached hydrogens (tertiary/aromatic N) is 2. The summed E-state index contributed by atoms with van der Waals surface area (Å²) in [4.78, 5) is 20.2. The third-order valence-electron chi connectivity index (χ3n) is 4.34. The van der Waals surface area contributed by atoms with Crippen LogP contribution in [0.4, 0.5) is 9.93 Å². The Hall–Kier alpha value is -2.12. The van der Waals surface area contributed by atoms with Crippen molar-refractivity contribution in [1.29, 1.82) is 0 Å². The van der Waals surface area contributed by atoms with E-state index in [0.717, 1.165) is 31.0 Å². The van der Waals surface area contributed by atoms with E-state index in [2.05, 4.69) is 41.4 Å². The van der Waals surface area contributed by atoms with Gasteiger partial charge >= 0.3 is 6.03 Å². The standard InChI is InChI=1S/C19H26N4O2S/c1-12(2)14-5-7-15(8-6-14)25-13(3)20-18(24)22-19-21-16-9-10-23(4)11-17(16)26-19/h5-8,12-13H,9-11H2,1-4H3,(H2,20,21,22,24). The van der Waals surface area contributed by atoms with Crippen LogP contribution in [0.5, 0.6) is 5.75 Å². The lowest BCUT2D eigenvalue weighted by Gasteiger charge is -2.20. The van der Waals surface area contributed by atoms with Gasteiger partial charge < -0.3 is 15.0 Å². The van der Waals surface area contributed by atoms with Crippen LogP contribution in [0.1, 0.15) is 42.8 Å². The number of anilines is 1. The number of amides is 2. The maximum Gasteiger partial charge on any atom is 0.323 e. The summed E-state index contributed by atoms with van der Waals surface area (Å²) in [6.45, 7) is 8.00. The van der Waals surface area contributed by atoms with Crippen LogP contribution in [0.3, 0.4) is 0 Å². The molecule has 0 saturated heterocycles. The summed E-state index contributed by atoms with van der Waals surface area (Å²) in [6.07, 6.45) is 0.484. The lowest BCUT2D eigenvalue weighted by atomic mass is 10.0. The molecule has 6 nitrogen and oxygen atoms in total. The normalized spacial score (nSPS) is 15.4. The molecule has 2 N–H and O–H groups in total. The first-order chi connectivity index (χ1) is 12.4. The van der Waals surface area contributed by atoms with Crippen molar-refractivity contribution in [2.45, 2.75) is 45.9 Å². The van der Waals surface area contributed by atoms with Crippen molar-refractivity contribution < 1.29 is 9.53 Å². The summed E-state index contributed by atoms with van der Waals surface area (Å²) in [6, 6.07) is 7.64. The lowest BCUT2D eigenvalue weighted by Crippen LogP contribution is -2.39. The summed E-state index contributed by atoms with van der Waals surface area (Å²) in [5, 5.41) is 6.24. The van der Waals surface area contributed by atoms with Crippen molar-refractivity contribution in [3.63, 3.8) is 0 Å². The van der Waals surface area contributed by atoms with Crippen LogP contribution in [0, 0.1) is 0 Å². The van der Waals surface area contributed by atoms with E-state index in [1.54, 1.807) is 6.92 Å². The first kappa shape index (κ1) is 18.7. The van der Waals surface area contributed by atoms with Gasteiger partial charge in [-0.15, -0.1) is 11.3 Å². The Kier molecular flexibility index (Phi) is 5.78. The second-order valence-electron chi connectivity index (χ2n) is 6.96. The fourth-order valence-corrected chi connectivity index (χ4v) is 3.94. The van der Waals surface area contributed by atoms with E-state index >= 15 is 0 Å². The highest BCUT2D eigenvalue weighted by atomic mass is 32.1. The fourth-order valence-electron chi connectivity index (χ4n) is 2.86. The van der Waals surface area contributed by atoms with Gasteiger partial charge in [-0.05, 0) is 37.6 Å². The van der Waals surface area contributed by atoms with Crippen molar-refractivity contribution >= 4 is 22.5 Å². The van der Waals surface area contributed by atoms with Crippen molar-refractivity contribution in [3.05, 3.63) is 40.4 Å². The molecule has 1 aromatic carbocycles. The lowest BCUT2D eigenvalue weighted by molar-refractivity contribution is 0.183. The van der Waals surface area contributed by atoms with Gasteiger partial charge in [-0.1, -0.05) is 26.0 Å². The molecule has 1 aliphatic heterocycles. The SMILES string of the molecule is CC(NC(=O)Nc1nc2c(s1)CN(C)CC2)Oc1ccc(C(C)C)cc1. The molecule has 1 atom stereocenters. The minimum atomic E-state index is -0.444. The highest BCUT2D eigenvalue weighted by Crippen LogP contribution is 2.27. The largest absolute Gasteiger partial charge is 0.471 e. The van der Waals surface area contributed by atoms with Crippen molar-refractivity contribution in [2.24, 2.45) is 0 Å². The van der Waals surface area contributed by atoms with Crippen LogP contribution in [-0.4, -0.2) is 35.7 Å². The van der Waals surface area contributed by atoms with Gasteiger partial charge in [0.15, 0.2) is 11.4 Å². The number of rotatable bonds is 5. The molecule has 0 radical (unpaired) electrons. The molecule has 2 heterocycles. The van der Waals surface area contributed by atoms with Crippen LogP contribution in [-0.2, 0) is 13.0 Å². The zero-order valence-electron chi connectivity index (χ0n) is 15.7. The number of carbonyl (C=O) groups excluding carboxylic acids is 1. The van der Waals surface area contributed by atoms with Gasteiger partial charge in [0.1, 0.15) is 5.75 Å². The molecule has 1 aromatic heterocycles. The molecule has 2 amide bonds. The fraction of sp³-hybridized carbons (Fsp3) is 0.474. The van der Waals surface area contributed by atoms with E-state index in [1.807, 2.05) is 24.3 Å². The third kappa shape index (κ3) is 4.74. The average molecular weight is 375 g/mol. The first-order valence-corrected chi connectivity index (χ1v) is 9.73. The number of hydrogen-bond donors (Lipinski definition) is 2. The number of nitrogens with one attached hydrogen (secondary N) is 2. The first-order valence-electron chi connectivity index (χ1n) is 8.92. The minimum absolute atomic E-state index is 0.309. The number of hydrogen-bond acceptors (Lipinski definition) is 5. The molecular formula is C19H26N4O2S.